The molecule has 0 radical (unpaired) electrons. The van der Waals surface area contributed by atoms with Gasteiger partial charge in [-0.15, -0.1) is 0 Å². The molecular formula is C23H27N5O4. The molecule has 0 spiro atoms. The first-order valence-electron chi connectivity index (χ1n) is 10.4. The average molecular weight is 438 g/mol. The molecule has 9 heteroatoms. The molecule has 3 rings (SSSR count). The third kappa shape index (κ3) is 5.84. The van der Waals surface area contributed by atoms with Gasteiger partial charge >= 0.3 is 6.03 Å². The van der Waals surface area contributed by atoms with Gasteiger partial charge < -0.3 is 21.3 Å². The van der Waals surface area contributed by atoms with Crippen molar-refractivity contribution < 1.29 is 19.2 Å². The normalized spacial score (nSPS) is 13.6. The van der Waals surface area contributed by atoms with Crippen molar-refractivity contribution in [2.24, 2.45) is 5.92 Å². The third-order valence-electron chi connectivity index (χ3n) is 4.81. The van der Waals surface area contributed by atoms with E-state index in [1.54, 1.807) is 48.5 Å². The Hall–Kier alpha value is -3.88. The summed E-state index contributed by atoms with van der Waals surface area (Å²) in [6, 6.07) is 12.4. The number of benzene rings is 2. The molecule has 0 bridgehead atoms. The monoisotopic (exact) mass is 437 g/mol. The highest BCUT2D eigenvalue weighted by molar-refractivity contribution is 6.10. The van der Waals surface area contributed by atoms with E-state index in [1.165, 1.54) is 11.8 Å². The number of hydrogen-bond acceptors (Lipinski definition) is 4. The van der Waals surface area contributed by atoms with Crippen LogP contribution in [0.2, 0.25) is 0 Å². The SMILES string of the molecule is CC(=O)Nc1ccc(NC(=O)[C@H](CC(C)C)NC(=O)N2CC(=O)Nc3ccccc32)cc1. The van der Waals surface area contributed by atoms with Gasteiger partial charge in [0.15, 0.2) is 0 Å². The number of carbonyl (C=O) groups is 4. The number of rotatable bonds is 6. The van der Waals surface area contributed by atoms with Crippen LogP contribution in [0.3, 0.4) is 0 Å². The van der Waals surface area contributed by atoms with Gasteiger partial charge in [-0.2, -0.15) is 0 Å². The molecular weight excluding hydrogens is 410 g/mol. The molecule has 9 nitrogen and oxygen atoms in total. The molecule has 0 aromatic heterocycles. The molecule has 5 amide bonds. The second-order valence-electron chi connectivity index (χ2n) is 8.03. The number of nitrogens with zero attached hydrogens (tertiary/aromatic N) is 1. The van der Waals surface area contributed by atoms with E-state index in [9.17, 15) is 19.2 Å². The van der Waals surface area contributed by atoms with Crippen LogP contribution in [0.4, 0.5) is 27.5 Å². The summed E-state index contributed by atoms with van der Waals surface area (Å²) in [5.74, 6) is -0.711. The fraction of sp³-hybridized carbons (Fsp3) is 0.304. The first-order valence-corrected chi connectivity index (χ1v) is 10.4. The summed E-state index contributed by atoms with van der Waals surface area (Å²) in [7, 11) is 0. The largest absolute Gasteiger partial charge is 0.326 e. The Morgan fingerprint density at radius 2 is 1.62 bits per heavy atom. The summed E-state index contributed by atoms with van der Waals surface area (Å²) in [6.45, 7) is 5.19. The van der Waals surface area contributed by atoms with E-state index in [0.717, 1.165) is 0 Å². The summed E-state index contributed by atoms with van der Waals surface area (Å²) in [4.78, 5) is 50.5. The number of para-hydroxylation sites is 2. The fourth-order valence-electron chi connectivity index (χ4n) is 3.41. The number of amides is 5. The van der Waals surface area contributed by atoms with E-state index < -0.39 is 12.1 Å². The maximum atomic E-state index is 13.0. The van der Waals surface area contributed by atoms with E-state index in [-0.39, 0.29) is 30.2 Å². The zero-order valence-corrected chi connectivity index (χ0v) is 18.3. The van der Waals surface area contributed by atoms with Crippen LogP contribution in [0.15, 0.2) is 48.5 Å². The lowest BCUT2D eigenvalue weighted by atomic mass is 10.0. The summed E-state index contributed by atoms with van der Waals surface area (Å²) < 4.78 is 0. The van der Waals surface area contributed by atoms with Crippen molar-refractivity contribution in [1.82, 2.24) is 5.32 Å². The molecule has 0 fully saturated rings. The van der Waals surface area contributed by atoms with E-state index in [1.807, 2.05) is 13.8 Å². The minimum atomic E-state index is -0.797. The lowest BCUT2D eigenvalue weighted by Gasteiger charge is -2.31. The van der Waals surface area contributed by atoms with Gasteiger partial charge in [0, 0.05) is 18.3 Å². The standard InChI is InChI=1S/C23H27N5O4/c1-14(2)12-19(22(31)25-17-10-8-16(9-11-17)24-15(3)29)27-23(32)28-13-21(30)26-18-6-4-5-7-20(18)28/h4-11,14,19H,12-13H2,1-3H3,(H,24,29)(H,25,31)(H,26,30)(H,27,32)/t19-/m0/s1. The lowest BCUT2D eigenvalue weighted by Crippen LogP contribution is -2.53. The van der Waals surface area contributed by atoms with Crippen LogP contribution >= 0.6 is 0 Å². The van der Waals surface area contributed by atoms with E-state index in [0.29, 0.717) is 29.2 Å². The Kier molecular flexibility index (Phi) is 7.09. The molecule has 1 aliphatic rings. The van der Waals surface area contributed by atoms with Gasteiger partial charge in [0.05, 0.1) is 11.4 Å². The van der Waals surface area contributed by atoms with E-state index in [2.05, 4.69) is 21.3 Å². The number of anilines is 4. The van der Waals surface area contributed by atoms with Crippen molar-refractivity contribution in [3.8, 4) is 0 Å². The van der Waals surface area contributed by atoms with Crippen molar-refractivity contribution in [2.45, 2.75) is 33.2 Å². The summed E-state index contributed by atoms with van der Waals surface area (Å²) in [5.41, 5.74) is 2.27. The highest BCUT2D eigenvalue weighted by atomic mass is 16.2. The molecule has 0 saturated carbocycles. The summed E-state index contributed by atoms with van der Waals surface area (Å²) >= 11 is 0. The zero-order chi connectivity index (χ0) is 23.3. The quantitative estimate of drug-likeness (QED) is 0.555. The van der Waals surface area contributed by atoms with Crippen LogP contribution in [0, 0.1) is 5.92 Å². The highest BCUT2D eigenvalue weighted by Gasteiger charge is 2.30. The zero-order valence-electron chi connectivity index (χ0n) is 18.3. The molecule has 2 aromatic rings. The van der Waals surface area contributed by atoms with Crippen molar-refractivity contribution in [1.29, 1.82) is 0 Å². The van der Waals surface area contributed by atoms with E-state index >= 15 is 0 Å². The highest BCUT2D eigenvalue weighted by Crippen LogP contribution is 2.29. The topological polar surface area (TPSA) is 120 Å². The van der Waals surface area contributed by atoms with Crippen LogP contribution in [-0.4, -0.2) is 36.3 Å². The average Bonchev–Trinajstić information content (AvgIpc) is 2.73. The molecule has 0 aliphatic carbocycles. The Bertz CT molecular complexity index is 1020. The van der Waals surface area contributed by atoms with Gasteiger partial charge in [-0.1, -0.05) is 26.0 Å². The molecule has 32 heavy (non-hydrogen) atoms. The second-order valence-corrected chi connectivity index (χ2v) is 8.03. The predicted molar refractivity (Wildman–Crippen MR) is 124 cm³/mol. The summed E-state index contributed by atoms with van der Waals surface area (Å²) in [5, 5.41) is 11.0. The molecule has 1 atom stereocenters. The number of fused-ring (bicyclic) bond motifs is 1. The lowest BCUT2D eigenvalue weighted by molar-refractivity contribution is -0.118. The second kappa shape index (κ2) is 9.95. The smallest absolute Gasteiger partial charge is 0.323 e. The molecule has 168 valence electrons. The van der Waals surface area contributed by atoms with Gasteiger partial charge in [0.1, 0.15) is 12.6 Å². The predicted octanol–water partition coefficient (Wildman–Crippen LogP) is 3.17. The van der Waals surface area contributed by atoms with Gasteiger partial charge in [0.2, 0.25) is 17.7 Å². The van der Waals surface area contributed by atoms with Gasteiger partial charge in [0.25, 0.3) is 0 Å². The Morgan fingerprint density at radius 3 is 2.25 bits per heavy atom. The van der Waals surface area contributed by atoms with Crippen molar-refractivity contribution >= 4 is 46.5 Å². The molecule has 0 unspecified atom stereocenters. The van der Waals surface area contributed by atoms with Crippen LogP contribution in [0.25, 0.3) is 0 Å². The number of urea groups is 1. The number of nitrogens with one attached hydrogen (secondary N) is 4. The van der Waals surface area contributed by atoms with Gasteiger partial charge in [-0.05, 0) is 48.7 Å². The van der Waals surface area contributed by atoms with Crippen molar-refractivity contribution in [2.75, 3.05) is 27.4 Å². The number of hydrogen-bond donors (Lipinski definition) is 4. The molecule has 2 aromatic carbocycles. The fourth-order valence-corrected chi connectivity index (χ4v) is 3.41. The van der Waals surface area contributed by atoms with Gasteiger partial charge in [-0.3, -0.25) is 19.3 Å². The maximum Gasteiger partial charge on any atom is 0.323 e. The first kappa shape index (κ1) is 22.8. The molecule has 0 saturated heterocycles. The molecule has 4 N–H and O–H groups in total. The Balaban J connectivity index is 1.72. The minimum Gasteiger partial charge on any atom is -0.326 e. The van der Waals surface area contributed by atoms with Crippen LogP contribution in [0.5, 0.6) is 0 Å². The minimum absolute atomic E-state index is 0.135. The summed E-state index contributed by atoms with van der Waals surface area (Å²) in [6.07, 6.45) is 0.420. The molecule has 1 heterocycles. The number of carbonyl (C=O) groups excluding carboxylic acids is 4. The Labute approximate surface area is 186 Å². The van der Waals surface area contributed by atoms with Crippen molar-refractivity contribution in [3.05, 3.63) is 48.5 Å². The Morgan fingerprint density at radius 1 is 1.00 bits per heavy atom. The first-order chi connectivity index (χ1) is 15.2. The third-order valence-corrected chi connectivity index (χ3v) is 4.81. The van der Waals surface area contributed by atoms with Crippen LogP contribution < -0.4 is 26.2 Å². The molecule has 1 aliphatic heterocycles. The van der Waals surface area contributed by atoms with E-state index in [4.69, 9.17) is 0 Å². The maximum absolute atomic E-state index is 13.0. The van der Waals surface area contributed by atoms with Gasteiger partial charge in [-0.25, -0.2) is 4.79 Å². The van der Waals surface area contributed by atoms with Crippen LogP contribution in [0.1, 0.15) is 27.2 Å². The van der Waals surface area contributed by atoms with Crippen molar-refractivity contribution in [3.63, 3.8) is 0 Å². The van der Waals surface area contributed by atoms with Crippen LogP contribution in [-0.2, 0) is 14.4 Å².